The third-order valence-electron chi connectivity index (χ3n) is 2.92. The summed E-state index contributed by atoms with van der Waals surface area (Å²) in [6.45, 7) is 1.98. The summed E-state index contributed by atoms with van der Waals surface area (Å²) < 4.78 is 11.1. The largest absolute Gasteiger partial charge is 0.457 e. The van der Waals surface area contributed by atoms with Crippen LogP contribution in [-0.2, 0) is 0 Å². The van der Waals surface area contributed by atoms with Gasteiger partial charge in [-0.15, -0.1) is 0 Å². The smallest absolute Gasteiger partial charge is 0.379 e. The van der Waals surface area contributed by atoms with Crippen LogP contribution in [0.25, 0.3) is 10.9 Å². The molecule has 0 radical (unpaired) electrons. The minimum Gasteiger partial charge on any atom is -0.457 e. The van der Waals surface area contributed by atoms with E-state index in [0.717, 1.165) is 10.9 Å². The molecule has 2 aromatic heterocycles. The van der Waals surface area contributed by atoms with Crippen molar-refractivity contribution in [1.82, 2.24) is 4.98 Å². The summed E-state index contributed by atoms with van der Waals surface area (Å²) in [7, 11) is 0. The van der Waals surface area contributed by atoms with Gasteiger partial charge < -0.3 is 9.15 Å². The predicted octanol–water partition coefficient (Wildman–Crippen LogP) is 4.12. The Labute approximate surface area is 123 Å². The standard InChI is InChI=1S/C15H10BrNO3/c1-9-8-11(16)14(13-10(9)4-2-6-17-13)20-15(18)12-5-3-7-19-12/h2-8H,1H3. The van der Waals surface area contributed by atoms with Gasteiger partial charge in [0.25, 0.3) is 0 Å². The number of aryl methyl sites for hydroxylation is 1. The quantitative estimate of drug-likeness (QED) is 0.523. The maximum absolute atomic E-state index is 12.0. The summed E-state index contributed by atoms with van der Waals surface area (Å²) in [5.41, 5.74) is 1.69. The highest BCUT2D eigenvalue weighted by Gasteiger charge is 2.17. The highest BCUT2D eigenvalue weighted by atomic mass is 79.9. The number of carbonyl (C=O) groups is 1. The molecule has 2 heterocycles. The molecule has 0 spiro atoms. The molecule has 0 saturated carbocycles. The van der Waals surface area contributed by atoms with Crippen molar-refractivity contribution in [3.8, 4) is 5.75 Å². The zero-order valence-electron chi connectivity index (χ0n) is 10.6. The van der Waals surface area contributed by atoms with Crippen molar-refractivity contribution >= 4 is 32.8 Å². The molecule has 3 rings (SSSR count). The number of hydrogen-bond donors (Lipinski definition) is 0. The lowest BCUT2D eigenvalue weighted by Crippen LogP contribution is -2.08. The lowest BCUT2D eigenvalue weighted by molar-refractivity contribution is 0.0702. The SMILES string of the molecule is Cc1cc(Br)c(OC(=O)c2ccco2)c2ncccc12. The summed E-state index contributed by atoms with van der Waals surface area (Å²) in [5.74, 6) is 0.000613. The number of carbonyl (C=O) groups excluding carboxylic acids is 1. The lowest BCUT2D eigenvalue weighted by atomic mass is 10.1. The molecule has 0 unspecified atom stereocenters. The van der Waals surface area contributed by atoms with Crippen LogP contribution >= 0.6 is 15.9 Å². The van der Waals surface area contributed by atoms with E-state index in [1.54, 1.807) is 18.3 Å². The molecule has 0 aliphatic rings. The first-order valence-electron chi connectivity index (χ1n) is 5.96. The number of ether oxygens (including phenoxy) is 1. The number of halogens is 1. The molecule has 0 atom stereocenters. The summed E-state index contributed by atoms with van der Waals surface area (Å²) in [6.07, 6.45) is 3.09. The van der Waals surface area contributed by atoms with E-state index in [0.29, 0.717) is 15.7 Å². The molecule has 0 amide bonds. The summed E-state index contributed by atoms with van der Waals surface area (Å²) in [4.78, 5) is 16.3. The van der Waals surface area contributed by atoms with Crippen molar-refractivity contribution in [3.63, 3.8) is 0 Å². The second kappa shape index (κ2) is 5.09. The van der Waals surface area contributed by atoms with Gasteiger partial charge in [-0.2, -0.15) is 0 Å². The molecule has 0 saturated heterocycles. The Bertz CT molecular complexity index is 781. The topological polar surface area (TPSA) is 52.3 Å². The van der Waals surface area contributed by atoms with Gasteiger partial charge in [0.1, 0.15) is 5.52 Å². The van der Waals surface area contributed by atoms with Crippen molar-refractivity contribution in [2.45, 2.75) is 6.92 Å². The second-order valence-corrected chi connectivity index (χ2v) is 5.13. The highest BCUT2D eigenvalue weighted by molar-refractivity contribution is 9.10. The van der Waals surface area contributed by atoms with E-state index < -0.39 is 5.97 Å². The van der Waals surface area contributed by atoms with Gasteiger partial charge in [-0.05, 0) is 52.7 Å². The van der Waals surface area contributed by atoms with E-state index in [2.05, 4.69) is 20.9 Å². The van der Waals surface area contributed by atoms with Gasteiger partial charge in [-0.3, -0.25) is 4.98 Å². The molecule has 0 aliphatic heterocycles. The molecule has 0 fully saturated rings. The lowest BCUT2D eigenvalue weighted by Gasteiger charge is -2.10. The predicted molar refractivity (Wildman–Crippen MR) is 77.8 cm³/mol. The molecule has 5 heteroatoms. The average molecular weight is 332 g/mol. The van der Waals surface area contributed by atoms with Crippen molar-refractivity contribution in [2.24, 2.45) is 0 Å². The molecule has 20 heavy (non-hydrogen) atoms. The van der Waals surface area contributed by atoms with Crippen LogP contribution in [0.4, 0.5) is 0 Å². The molecule has 100 valence electrons. The minimum atomic E-state index is -0.550. The van der Waals surface area contributed by atoms with Crippen molar-refractivity contribution in [2.75, 3.05) is 0 Å². The fourth-order valence-corrected chi connectivity index (χ4v) is 2.60. The number of furan rings is 1. The van der Waals surface area contributed by atoms with E-state index >= 15 is 0 Å². The van der Waals surface area contributed by atoms with Gasteiger partial charge >= 0.3 is 5.97 Å². The monoisotopic (exact) mass is 331 g/mol. The number of rotatable bonds is 2. The molecule has 0 bridgehead atoms. The zero-order valence-corrected chi connectivity index (χ0v) is 12.2. The molecular weight excluding hydrogens is 322 g/mol. The fraction of sp³-hybridized carbons (Fsp3) is 0.0667. The van der Waals surface area contributed by atoms with E-state index in [1.165, 1.54) is 6.26 Å². The Kier molecular flexibility index (Phi) is 3.28. The minimum absolute atomic E-state index is 0.154. The first-order chi connectivity index (χ1) is 9.66. The Morgan fingerprint density at radius 3 is 2.95 bits per heavy atom. The Morgan fingerprint density at radius 2 is 2.20 bits per heavy atom. The van der Waals surface area contributed by atoms with Gasteiger partial charge in [0.05, 0.1) is 10.7 Å². The van der Waals surface area contributed by atoms with Crippen molar-refractivity contribution in [3.05, 3.63) is 58.6 Å². The van der Waals surface area contributed by atoms with Gasteiger partial charge in [-0.1, -0.05) is 6.07 Å². The van der Waals surface area contributed by atoms with E-state index in [4.69, 9.17) is 9.15 Å². The van der Waals surface area contributed by atoms with Crippen LogP contribution in [0.1, 0.15) is 16.1 Å². The third kappa shape index (κ3) is 2.20. The Hall–Kier alpha value is -2.14. The van der Waals surface area contributed by atoms with Crippen LogP contribution in [0.15, 0.2) is 51.7 Å². The van der Waals surface area contributed by atoms with Gasteiger partial charge in [0, 0.05) is 11.6 Å². The van der Waals surface area contributed by atoms with Crippen LogP contribution in [0.2, 0.25) is 0 Å². The van der Waals surface area contributed by atoms with E-state index in [-0.39, 0.29) is 5.76 Å². The highest BCUT2D eigenvalue weighted by Crippen LogP contribution is 2.35. The van der Waals surface area contributed by atoms with Crippen molar-refractivity contribution < 1.29 is 13.9 Å². The van der Waals surface area contributed by atoms with Gasteiger partial charge in [0.15, 0.2) is 5.75 Å². The number of fused-ring (bicyclic) bond motifs is 1. The van der Waals surface area contributed by atoms with Crippen LogP contribution in [0.5, 0.6) is 5.75 Å². The van der Waals surface area contributed by atoms with Crippen LogP contribution in [-0.4, -0.2) is 11.0 Å². The number of esters is 1. The van der Waals surface area contributed by atoms with Gasteiger partial charge in [0.2, 0.25) is 5.76 Å². The number of hydrogen-bond acceptors (Lipinski definition) is 4. The number of nitrogens with zero attached hydrogens (tertiary/aromatic N) is 1. The number of aromatic nitrogens is 1. The first-order valence-corrected chi connectivity index (χ1v) is 6.75. The maximum Gasteiger partial charge on any atom is 0.379 e. The second-order valence-electron chi connectivity index (χ2n) is 4.27. The van der Waals surface area contributed by atoms with Crippen molar-refractivity contribution in [1.29, 1.82) is 0 Å². The molecule has 0 N–H and O–H groups in total. The van der Waals surface area contributed by atoms with E-state index in [1.807, 2.05) is 25.1 Å². The summed E-state index contributed by atoms with van der Waals surface area (Å²) >= 11 is 3.41. The first kappa shape index (κ1) is 12.9. The van der Waals surface area contributed by atoms with Gasteiger partial charge in [-0.25, -0.2) is 4.79 Å². The molecule has 4 nitrogen and oxygen atoms in total. The number of pyridine rings is 1. The van der Waals surface area contributed by atoms with Crippen LogP contribution < -0.4 is 4.74 Å². The normalized spacial score (nSPS) is 10.7. The summed E-state index contributed by atoms with van der Waals surface area (Å²) in [6, 6.07) is 8.88. The third-order valence-corrected chi connectivity index (χ3v) is 3.51. The fourth-order valence-electron chi connectivity index (χ4n) is 1.99. The maximum atomic E-state index is 12.0. The molecule has 0 aliphatic carbocycles. The molecular formula is C15H10BrNO3. The molecule has 3 aromatic rings. The number of benzene rings is 1. The van der Waals surface area contributed by atoms with E-state index in [9.17, 15) is 4.79 Å². The molecule has 1 aromatic carbocycles. The Balaban J connectivity index is 2.10. The zero-order chi connectivity index (χ0) is 14.1. The van der Waals surface area contributed by atoms with Crippen LogP contribution in [0, 0.1) is 6.92 Å². The average Bonchev–Trinajstić information content (AvgIpc) is 2.97. The Morgan fingerprint density at radius 1 is 1.35 bits per heavy atom. The summed E-state index contributed by atoms with van der Waals surface area (Å²) in [5, 5.41) is 0.943. The van der Waals surface area contributed by atoms with Crippen LogP contribution in [0.3, 0.4) is 0 Å².